The Hall–Kier alpha value is -4.12. The number of anilines is 3. The Balaban J connectivity index is 1.76. The van der Waals surface area contributed by atoms with Gasteiger partial charge in [0.15, 0.2) is 0 Å². The first-order valence-corrected chi connectivity index (χ1v) is 10.3. The average Bonchev–Trinajstić information content (AvgIpc) is 2.76. The van der Waals surface area contributed by atoms with Crippen molar-refractivity contribution in [3.63, 3.8) is 0 Å². The molecule has 5 nitrogen and oxygen atoms in total. The molecule has 0 aliphatic carbocycles. The highest BCUT2D eigenvalue weighted by Gasteiger charge is 2.19. The molecule has 0 aromatic heterocycles. The van der Waals surface area contributed by atoms with E-state index in [9.17, 15) is 15.3 Å². The van der Waals surface area contributed by atoms with Crippen LogP contribution >= 0.6 is 0 Å². The monoisotopic (exact) mass is 427 g/mol. The number of hydrogen-bond acceptors (Lipinski definition) is 5. The molecule has 4 aromatic carbocycles. The standard InChI is InChI=1S/C27H25NO4/c1-17-4-11-25(30)23(14-17)28(24-15-18(2)5-12-26(24)31)20-6-9-22(10-7-20)32-27-13-8-21(29)16-19(27)3/h4-16,29-31H,1-3H3. The number of aryl methyl sites for hydroxylation is 3. The SMILES string of the molecule is Cc1ccc(O)c(N(c2ccc(Oc3ccc(O)cc3C)cc2)c2cc(C)ccc2O)c1. The van der Waals surface area contributed by atoms with Crippen molar-refractivity contribution in [3.8, 4) is 28.7 Å². The summed E-state index contributed by atoms with van der Waals surface area (Å²) in [7, 11) is 0. The van der Waals surface area contributed by atoms with Gasteiger partial charge in [0.2, 0.25) is 0 Å². The molecule has 0 saturated heterocycles. The zero-order valence-corrected chi connectivity index (χ0v) is 18.2. The highest BCUT2D eigenvalue weighted by Crippen LogP contribution is 2.44. The van der Waals surface area contributed by atoms with Gasteiger partial charge >= 0.3 is 0 Å². The minimum Gasteiger partial charge on any atom is -0.508 e. The molecule has 0 heterocycles. The van der Waals surface area contributed by atoms with Crippen LogP contribution in [-0.4, -0.2) is 15.3 Å². The molecule has 0 aliphatic heterocycles. The van der Waals surface area contributed by atoms with E-state index < -0.39 is 0 Å². The molecular formula is C27H25NO4. The number of phenolic OH excluding ortho intramolecular Hbond substituents is 3. The van der Waals surface area contributed by atoms with Crippen LogP contribution in [0.2, 0.25) is 0 Å². The van der Waals surface area contributed by atoms with Gasteiger partial charge in [0.05, 0.1) is 11.4 Å². The number of phenols is 3. The van der Waals surface area contributed by atoms with Crippen molar-refractivity contribution in [2.45, 2.75) is 20.8 Å². The van der Waals surface area contributed by atoms with Crippen molar-refractivity contribution >= 4 is 17.1 Å². The van der Waals surface area contributed by atoms with E-state index in [4.69, 9.17) is 4.74 Å². The van der Waals surface area contributed by atoms with Gasteiger partial charge in [0, 0.05) is 5.69 Å². The Kier molecular flexibility index (Phi) is 5.65. The fourth-order valence-corrected chi connectivity index (χ4v) is 3.57. The summed E-state index contributed by atoms with van der Waals surface area (Å²) in [6.07, 6.45) is 0. The lowest BCUT2D eigenvalue weighted by atomic mass is 10.1. The molecule has 0 fully saturated rings. The van der Waals surface area contributed by atoms with E-state index in [1.165, 1.54) is 0 Å². The van der Waals surface area contributed by atoms with Crippen molar-refractivity contribution in [2.75, 3.05) is 4.90 Å². The third-order valence-electron chi connectivity index (χ3n) is 5.22. The van der Waals surface area contributed by atoms with E-state index in [0.29, 0.717) is 22.9 Å². The summed E-state index contributed by atoms with van der Waals surface area (Å²) >= 11 is 0. The lowest BCUT2D eigenvalue weighted by Gasteiger charge is -2.27. The third kappa shape index (κ3) is 4.32. The number of rotatable bonds is 5. The molecule has 0 aliphatic rings. The van der Waals surface area contributed by atoms with Crippen LogP contribution in [0.1, 0.15) is 16.7 Å². The Morgan fingerprint density at radius 3 is 1.72 bits per heavy atom. The lowest BCUT2D eigenvalue weighted by molar-refractivity contribution is 0.461. The molecule has 0 saturated carbocycles. The smallest absolute Gasteiger partial charge is 0.139 e. The first-order valence-electron chi connectivity index (χ1n) is 10.3. The van der Waals surface area contributed by atoms with Crippen LogP contribution in [0, 0.1) is 20.8 Å². The quantitative estimate of drug-likeness (QED) is 0.320. The topological polar surface area (TPSA) is 73.2 Å². The van der Waals surface area contributed by atoms with Gasteiger partial charge in [-0.1, -0.05) is 12.1 Å². The van der Waals surface area contributed by atoms with Gasteiger partial charge in [-0.3, -0.25) is 0 Å². The summed E-state index contributed by atoms with van der Waals surface area (Å²) in [6, 6.07) is 23.1. The van der Waals surface area contributed by atoms with Gasteiger partial charge in [0.1, 0.15) is 28.7 Å². The predicted octanol–water partition coefficient (Wildman–Crippen LogP) is 6.99. The van der Waals surface area contributed by atoms with Gasteiger partial charge in [-0.05, 0) is 104 Å². The Labute approximate surface area is 187 Å². The van der Waals surface area contributed by atoms with Crippen molar-refractivity contribution in [1.82, 2.24) is 0 Å². The summed E-state index contributed by atoms with van der Waals surface area (Å²) in [5.41, 5.74) is 4.67. The van der Waals surface area contributed by atoms with Crippen molar-refractivity contribution in [2.24, 2.45) is 0 Å². The van der Waals surface area contributed by atoms with E-state index in [1.54, 1.807) is 30.3 Å². The Bertz CT molecular complexity index is 1210. The second kappa shape index (κ2) is 8.55. The minimum atomic E-state index is 0.108. The number of benzene rings is 4. The van der Waals surface area contributed by atoms with E-state index in [2.05, 4.69) is 0 Å². The molecule has 0 radical (unpaired) electrons. The summed E-state index contributed by atoms with van der Waals surface area (Å²) in [5.74, 6) is 1.69. The highest BCUT2D eigenvalue weighted by atomic mass is 16.5. The average molecular weight is 428 g/mol. The molecule has 32 heavy (non-hydrogen) atoms. The zero-order valence-electron chi connectivity index (χ0n) is 18.2. The number of aromatic hydroxyl groups is 3. The summed E-state index contributed by atoms with van der Waals surface area (Å²) < 4.78 is 5.97. The maximum Gasteiger partial charge on any atom is 0.139 e. The molecular weight excluding hydrogens is 402 g/mol. The first kappa shape index (κ1) is 21.1. The summed E-state index contributed by atoms with van der Waals surface area (Å²) in [6.45, 7) is 5.77. The Morgan fingerprint density at radius 1 is 0.625 bits per heavy atom. The third-order valence-corrected chi connectivity index (χ3v) is 5.22. The molecule has 0 atom stereocenters. The van der Waals surface area contributed by atoms with Crippen LogP contribution in [-0.2, 0) is 0 Å². The summed E-state index contributed by atoms with van der Waals surface area (Å²) in [4.78, 5) is 1.82. The summed E-state index contributed by atoms with van der Waals surface area (Å²) in [5, 5.41) is 30.8. The lowest BCUT2D eigenvalue weighted by Crippen LogP contribution is -2.11. The van der Waals surface area contributed by atoms with Crippen molar-refractivity contribution < 1.29 is 20.1 Å². The molecule has 5 heteroatoms. The van der Waals surface area contributed by atoms with E-state index in [-0.39, 0.29) is 17.2 Å². The van der Waals surface area contributed by atoms with Gasteiger partial charge in [-0.2, -0.15) is 0 Å². The Morgan fingerprint density at radius 2 is 1.19 bits per heavy atom. The van der Waals surface area contributed by atoms with E-state index >= 15 is 0 Å². The molecule has 0 amide bonds. The fraction of sp³-hybridized carbons (Fsp3) is 0.111. The number of hydrogen-bond donors (Lipinski definition) is 3. The largest absolute Gasteiger partial charge is 0.508 e. The van der Waals surface area contributed by atoms with Crippen LogP contribution in [0.4, 0.5) is 17.1 Å². The number of nitrogens with zero attached hydrogens (tertiary/aromatic N) is 1. The van der Waals surface area contributed by atoms with Crippen molar-refractivity contribution in [1.29, 1.82) is 0 Å². The molecule has 4 rings (SSSR count). The molecule has 162 valence electrons. The second-order valence-electron chi connectivity index (χ2n) is 7.87. The van der Waals surface area contributed by atoms with Crippen LogP contribution in [0.15, 0.2) is 78.9 Å². The van der Waals surface area contributed by atoms with E-state index in [0.717, 1.165) is 22.4 Å². The highest BCUT2D eigenvalue weighted by molar-refractivity contribution is 5.83. The van der Waals surface area contributed by atoms with Crippen LogP contribution < -0.4 is 9.64 Å². The van der Waals surface area contributed by atoms with Crippen LogP contribution in [0.5, 0.6) is 28.7 Å². The van der Waals surface area contributed by atoms with Crippen LogP contribution in [0.25, 0.3) is 0 Å². The van der Waals surface area contributed by atoms with Crippen molar-refractivity contribution in [3.05, 3.63) is 95.6 Å². The van der Waals surface area contributed by atoms with Gasteiger partial charge in [0.25, 0.3) is 0 Å². The minimum absolute atomic E-state index is 0.108. The van der Waals surface area contributed by atoms with Crippen LogP contribution in [0.3, 0.4) is 0 Å². The molecule has 4 aromatic rings. The maximum atomic E-state index is 10.6. The number of ether oxygens (including phenoxy) is 1. The van der Waals surface area contributed by atoms with E-state index in [1.807, 2.05) is 74.2 Å². The predicted molar refractivity (Wildman–Crippen MR) is 127 cm³/mol. The molecule has 0 unspecified atom stereocenters. The first-order chi connectivity index (χ1) is 15.3. The molecule has 3 N–H and O–H groups in total. The zero-order chi connectivity index (χ0) is 22.8. The van der Waals surface area contributed by atoms with Gasteiger partial charge < -0.3 is 25.0 Å². The maximum absolute atomic E-state index is 10.6. The molecule has 0 bridgehead atoms. The second-order valence-corrected chi connectivity index (χ2v) is 7.87. The fourth-order valence-electron chi connectivity index (χ4n) is 3.57. The normalized spacial score (nSPS) is 10.7. The van der Waals surface area contributed by atoms with Gasteiger partial charge in [-0.25, -0.2) is 0 Å². The van der Waals surface area contributed by atoms with Gasteiger partial charge in [-0.15, -0.1) is 0 Å². The molecule has 0 spiro atoms.